The molecule has 0 unspecified atom stereocenters. The summed E-state index contributed by atoms with van der Waals surface area (Å²) in [7, 11) is 0. The zero-order chi connectivity index (χ0) is 22.8. The Labute approximate surface area is 179 Å². The molecule has 2 aromatic carbocycles. The van der Waals surface area contributed by atoms with Gasteiger partial charge in [-0.2, -0.15) is 13.2 Å². The van der Waals surface area contributed by atoms with Crippen LogP contribution in [0.2, 0.25) is 0 Å². The first-order chi connectivity index (χ1) is 14.5. The van der Waals surface area contributed by atoms with Crippen molar-refractivity contribution < 1.29 is 27.5 Å². The second kappa shape index (κ2) is 8.99. The number of carbonyl (C=O) groups excluding carboxylic acids is 1. The fourth-order valence-corrected chi connectivity index (χ4v) is 4.29. The van der Waals surface area contributed by atoms with Crippen LogP contribution in [0.15, 0.2) is 48.5 Å². The topological polar surface area (TPSA) is 40.5 Å². The van der Waals surface area contributed by atoms with Gasteiger partial charge in [0, 0.05) is 18.2 Å². The molecule has 1 atom stereocenters. The Morgan fingerprint density at radius 2 is 1.55 bits per heavy atom. The Kier molecular flexibility index (Phi) is 6.74. The molecule has 1 fully saturated rings. The van der Waals surface area contributed by atoms with Crippen molar-refractivity contribution >= 4 is 5.91 Å². The number of halogens is 4. The highest BCUT2D eigenvalue weighted by Crippen LogP contribution is 2.39. The Bertz CT molecular complexity index is 883. The minimum atomic E-state index is -4.81. The zero-order valence-corrected chi connectivity index (χ0v) is 17.6. The standard InChI is InChI=1S/C24H27F4NO2/c1-3-29(21-14-8-17(9-15-21)16-6-12-20(25)13-7-16)22(30)18-4-10-19(11-5-18)23(2,31)24(26,27)28/h4-7,10-13,17,21,31H,3,8-9,14-15H2,1-2H3/t17?,21?,23-/m0/s1. The van der Waals surface area contributed by atoms with Gasteiger partial charge in [-0.3, -0.25) is 4.79 Å². The van der Waals surface area contributed by atoms with Crippen LogP contribution in [0.3, 0.4) is 0 Å². The maximum Gasteiger partial charge on any atom is 0.421 e. The number of benzene rings is 2. The SMILES string of the molecule is CCN(C(=O)c1ccc([C@](C)(O)C(F)(F)F)cc1)C1CCC(c2ccc(F)cc2)CC1. The summed E-state index contributed by atoms with van der Waals surface area (Å²) in [5.41, 5.74) is -1.89. The van der Waals surface area contributed by atoms with E-state index in [1.165, 1.54) is 24.3 Å². The van der Waals surface area contributed by atoms with Gasteiger partial charge in [-0.25, -0.2) is 4.39 Å². The third kappa shape index (κ3) is 4.92. The van der Waals surface area contributed by atoms with E-state index < -0.39 is 11.8 Å². The summed E-state index contributed by atoms with van der Waals surface area (Å²) < 4.78 is 52.3. The Morgan fingerprint density at radius 1 is 1.00 bits per heavy atom. The van der Waals surface area contributed by atoms with Gasteiger partial charge in [0.15, 0.2) is 5.60 Å². The van der Waals surface area contributed by atoms with E-state index in [-0.39, 0.29) is 23.3 Å². The third-order valence-electron chi connectivity index (χ3n) is 6.33. The monoisotopic (exact) mass is 437 g/mol. The lowest BCUT2D eigenvalue weighted by atomic mass is 9.81. The lowest BCUT2D eigenvalue weighted by molar-refractivity contribution is -0.258. The van der Waals surface area contributed by atoms with Crippen molar-refractivity contribution in [1.82, 2.24) is 4.90 Å². The van der Waals surface area contributed by atoms with Crippen molar-refractivity contribution in [2.75, 3.05) is 6.54 Å². The van der Waals surface area contributed by atoms with Gasteiger partial charge in [0.05, 0.1) is 0 Å². The molecule has 3 nitrogen and oxygen atoms in total. The number of aliphatic hydroxyl groups is 1. The lowest BCUT2D eigenvalue weighted by Crippen LogP contribution is -2.42. The molecule has 0 bridgehead atoms. The number of hydrogen-bond donors (Lipinski definition) is 1. The van der Waals surface area contributed by atoms with Gasteiger partial charge in [0.1, 0.15) is 5.82 Å². The van der Waals surface area contributed by atoms with Crippen LogP contribution in [0.25, 0.3) is 0 Å². The molecule has 1 amide bonds. The number of rotatable bonds is 5. The molecule has 168 valence electrons. The van der Waals surface area contributed by atoms with E-state index in [0.29, 0.717) is 24.9 Å². The Morgan fingerprint density at radius 3 is 2.03 bits per heavy atom. The maximum absolute atomic E-state index is 13.2. The van der Waals surface area contributed by atoms with Crippen LogP contribution in [-0.4, -0.2) is 34.7 Å². The summed E-state index contributed by atoms with van der Waals surface area (Å²) in [4.78, 5) is 14.8. The minimum absolute atomic E-state index is 0.0483. The quantitative estimate of drug-likeness (QED) is 0.602. The van der Waals surface area contributed by atoms with Crippen molar-refractivity contribution in [1.29, 1.82) is 0 Å². The minimum Gasteiger partial charge on any atom is -0.376 e. The van der Waals surface area contributed by atoms with Crippen LogP contribution in [0, 0.1) is 5.82 Å². The number of hydrogen-bond acceptors (Lipinski definition) is 2. The molecular weight excluding hydrogens is 410 g/mol. The average Bonchev–Trinajstić information content (AvgIpc) is 2.74. The van der Waals surface area contributed by atoms with Gasteiger partial charge in [0.25, 0.3) is 5.91 Å². The molecule has 1 aliphatic rings. The number of nitrogens with zero attached hydrogens (tertiary/aromatic N) is 1. The zero-order valence-electron chi connectivity index (χ0n) is 17.6. The molecule has 1 N–H and O–H groups in total. The third-order valence-corrected chi connectivity index (χ3v) is 6.33. The summed E-state index contributed by atoms with van der Waals surface area (Å²) in [6, 6.07) is 11.6. The molecule has 1 saturated carbocycles. The first-order valence-corrected chi connectivity index (χ1v) is 10.5. The smallest absolute Gasteiger partial charge is 0.376 e. The second-order valence-corrected chi connectivity index (χ2v) is 8.30. The number of amides is 1. The Hall–Kier alpha value is -2.41. The largest absolute Gasteiger partial charge is 0.421 e. The second-order valence-electron chi connectivity index (χ2n) is 8.30. The predicted molar refractivity (Wildman–Crippen MR) is 110 cm³/mol. The fraction of sp³-hybridized carbons (Fsp3) is 0.458. The van der Waals surface area contributed by atoms with Crippen LogP contribution in [0.4, 0.5) is 17.6 Å². The fourth-order valence-electron chi connectivity index (χ4n) is 4.29. The molecule has 0 saturated heterocycles. The highest BCUT2D eigenvalue weighted by Gasteiger charge is 2.51. The first kappa shape index (κ1) is 23.3. The van der Waals surface area contributed by atoms with Crippen LogP contribution in [-0.2, 0) is 5.60 Å². The summed E-state index contributed by atoms with van der Waals surface area (Å²) in [6.07, 6.45) is -1.43. The van der Waals surface area contributed by atoms with Gasteiger partial charge in [-0.05, 0) is 80.8 Å². The predicted octanol–water partition coefficient (Wildman–Crippen LogP) is 5.78. The molecule has 3 rings (SSSR count). The van der Waals surface area contributed by atoms with Crippen molar-refractivity contribution in [2.45, 2.75) is 63.3 Å². The number of carbonyl (C=O) groups is 1. The molecule has 0 aromatic heterocycles. The van der Waals surface area contributed by atoms with E-state index >= 15 is 0 Å². The van der Waals surface area contributed by atoms with Crippen molar-refractivity contribution in [2.24, 2.45) is 0 Å². The van der Waals surface area contributed by atoms with E-state index in [1.54, 1.807) is 17.0 Å². The van der Waals surface area contributed by atoms with Crippen molar-refractivity contribution in [3.05, 3.63) is 71.0 Å². The van der Waals surface area contributed by atoms with E-state index in [9.17, 15) is 27.5 Å². The molecule has 1 aliphatic carbocycles. The van der Waals surface area contributed by atoms with Crippen LogP contribution >= 0.6 is 0 Å². The normalized spacial score (nSPS) is 21.4. The van der Waals surface area contributed by atoms with E-state index in [4.69, 9.17) is 0 Å². The first-order valence-electron chi connectivity index (χ1n) is 10.5. The molecule has 0 aliphatic heterocycles. The van der Waals surface area contributed by atoms with E-state index in [2.05, 4.69) is 0 Å². The van der Waals surface area contributed by atoms with Gasteiger partial charge >= 0.3 is 6.18 Å². The van der Waals surface area contributed by atoms with Crippen LogP contribution < -0.4 is 0 Å². The molecular formula is C24H27F4NO2. The Balaban J connectivity index is 1.67. The molecule has 31 heavy (non-hydrogen) atoms. The van der Waals surface area contributed by atoms with Gasteiger partial charge in [0.2, 0.25) is 0 Å². The number of alkyl halides is 3. The molecule has 0 spiro atoms. The van der Waals surface area contributed by atoms with E-state index in [0.717, 1.165) is 43.4 Å². The molecule has 0 heterocycles. The summed E-state index contributed by atoms with van der Waals surface area (Å²) in [5, 5.41) is 9.80. The maximum atomic E-state index is 13.2. The van der Waals surface area contributed by atoms with Crippen molar-refractivity contribution in [3.63, 3.8) is 0 Å². The average molecular weight is 437 g/mol. The molecule has 2 aromatic rings. The van der Waals surface area contributed by atoms with Crippen LogP contribution in [0.5, 0.6) is 0 Å². The highest BCUT2D eigenvalue weighted by atomic mass is 19.4. The van der Waals surface area contributed by atoms with E-state index in [1.807, 2.05) is 6.92 Å². The van der Waals surface area contributed by atoms with Gasteiger partial charge < -0.3 is 10.0 Å². The summed E-state index contributed by atoms with van der Waals surface area (Å²) >= 11 is 0. The highest BCUT2D eigenvalue weighted by molar-refractivity contribution is 5.94. The summed E-state index contributed by atoms with van der Waals surface area (Å²) in [6.45, 7) is 3.07. The molecule has 0 radical (unpaired) electrons. The van der Waals surface area contributed by atoms with Gasteiger partial charge in [-0.15, -0.1) is 0 Å². The van der Waals surface area contributed by atoms with Gasteiger partial charge in [-0.1, -0.05) is 24.3 Å². The lowest BCUT2D eigenvalue weighted by Gasteiger charge is -2.36. The van der Waals surface area contributed by atoms with Crippen molar-refractivity contribution in [3.8, 4) is 0 Å². The molecule has 7 heteroatoms. The van der Waals surface area contributed by atoms with Crippen LogP contribution in [0.1, 0.15) is 66.9 Å². The summed E-state index contributed by atoms with van der Waals surface area (Å²) in [5.74, 6) is -0.163.